The molecule has 1 aliphatic rings. The van der Waals surface area contributed by atoms with Crippen LogP contribution >= 0.6 is 11.3 Å². The predicted octanol–water partition coefficient (Wildman–Crippen LogP) is 0.662. The van der Waals surface area contributed by atoms with Crippen LogP contribution in [0.15, 0.2) is 16.3 Å². The van der Waals surface area contributed by atoms with Crippen molar-refractivity contribution in [2.24, 2.45) is 5.73 Å². The number of ether oxygens (including phenoxy) is 2. The van der Waals surface area contributed by atoms with Gasteiger partial charge in [0.1, 0.15) is 9.77 Å². The van der Waals surface area contributed by atoms with Crippen molar-refractivity contribution in [2.45, 2.75) is 29.9 Å². The normalized spacial score (nSPS) is 23.4. The van der Waals surface area contributed by atoms with Gasteiger partial charge in [-0.15, -0.1) is 11.3 Å². The molecule has 2 N–H and O–H groups in total. The fourth-order valence-electron chi connectivity index (χ4n) is 2.61. The Morgan fingerprint density at radius 3 is 2.82 bits per heavy atom. The summed E-state index contributed by atoms with van der Waals surface area (Å²) in [7, 11) is -0.955. The number of hydrogen-bond acceptors (Lipinski definition) is 7. The van der Waals surface area contributed by atoms with E-state index in [1.807, 2.05) is 0 Å². The third kappa shape index (κ3) is 3.18. The summed E-state index contributed by atoms with van der Waals surface area (Å²) >= 11 is 1.05. The zero-order chi connectivity index (χ0) is 16.3. The van der Waals surface area contributed by atoms with E-state index in [2.05, 4.69) is 4.74 Å². The standard InChI is InChI=1S/C13H20N2O5S2/c1-19-10-3-5-15(9(7-10)8-14)22(17,18)11-4-6-21-12(11)13(16)20-2/h4,6,9-10H,3,5,7-8,14H2,1-2H3. The minimum absolute atomic E-state index is 0.00236. The lowest BCUT2D eigenvalue weighted by Gasteiger charge is -2.37. The van der Waals surface area contributed by atoms with E-state index in [0.29, 0.717) is 19.4 Å². The Balaban J connectivity index is 2.34. The highest BCUT2D eigenvalue weighted by atomic mass is 32.2. The second kappa shape index (κ2) is 7.05. The van der Waals surface area contributed by atoms with Crippen LogP contribution in [0.2, 0.25) is 0 Å². The molecule has 0 aromatic carbocycles. The fraction of sp³-hybridized carbons (Fsp3) is 0.615. The van der Waals surface area contributed by atoms with E-state index in [0.717, 1.165) is 11.3 Å². The average Bonchev–Trinajstić information content (AvgIpc) is 3.03. The van der Waals surface area contributed by atoms with Crippen molar-refractivity contribution < 1.29 is 22.7 Å². The summed E-state index contributed by atoms with van der Waals surface area (Å²) in [5, 5.41) is 1.57. The number of carbonyl (C=O) groups is 1. The van der Waals surface area contributed by atoms with E-state index in [1.165, 1.54) is 17.5 Å². The SMILES string of the molecule is COC(=O)c1sccc1S(=O)(=O)N1CCC(OC)CC1CN. The van der Waals surface area contributed by atoms with E-state index in [-0.39, 0.29) is 28.5 Å². The molecule has 2 rings (SSSR count). The Bertz CT molecular complexity index is 628. The molecule has 0 amide bonds. The van der Waals surface area contributed by atoms with Gasteiger partial charge in [0, 0.05) is 26.2 Å². The van der Waals surface area contributed by atoms with Gasteiger partial charge in [0.2, 0.25) is 10.0 Å². The maximum Gasteiger partial charge on any atom is 0.349 e. The first-order valence-electron chi connectivity index (χ1n) is 6.86. The minimum atomic E-state index is -3.79. The topological polar surface area (TPSA) is 98.9 Å². The van der Waals surface area contributed by atoms with Gasteiger partial charge >= 0.3 is 5.97 Å². The first-order valence-corrected chi connectivity index (χ1v) is 9.18. The molecule has 7 nitrogen and oxygen atoms in total. The number of rotatable bonds is 5. The number of nitrogens with two attached hydrogens (primary N) is 1. The number of carbonyl (C=O) groups excluding carboxylic acids is 1. The molecule has 2 unspecified atom stereocenters. The Morgan fingerprint density at radius 2 is 2.23 bits per heavy atom. The van der Waals surface area contributed by atoms with Gasteiger partial charge in [-0.05, 0) is 24.3 Å². The number of hydrogen-bond donors (Lipinski definition) is 1. The van der Waals surface area contributed by atoms with Crippen LogP contribution in [0.1, 0.15) is 22.5 Å². The summed E-state index contributed by atoms with van der Waals surface area (Å²) in [4.78, 5) is 11.8. The maximum atomic E-state index is 12.9. The van der Waals surface area contributed by atoms with E-state index in [4.69, 9.17) is 10.5 Å². The van der Waals surface area contributed by atoms with Gasteiger partial charge in [-0.2, -0.15) is 4.31 Å². The average molecular weight is 348 g/mol. The van der Waals surface area contributed by atoms with E-state index < -0.39 is 16.0 Å². The zero-order valence-corrected chi connectivity index (χ0v) is 14.2. The molecule has 1 fully saturated rings. The van der Waals surface area contributed by atoms with Crippen LogP contribution in [0.5, 0.6) is 0 Å². The first kappa shape index (κ1) is 17.4. The van der Waals surface area contributed by atoms with Crippen LogP contribution in [-0.4, -0.2) is 58.1 Å². The van der Waals surface area contributed by atoms with Crippen molar-refractivity contribution in [3.63, 3.8) is 0 Å². The molecule has 1 aliphatic heterocycles. The molecule has 0 bridgehead atoms. The van der Waals surface area contributed by atoms with Crippen LogP contribution in [0.3, 0.4) is 0 Å². The Hall–Kier alpha value is -1.00. The maximum absolute atomic E-state index is 12.9. The molecule has 2 heterocycles. The van der Waals surface area contributed by atoms with Crippen LogP contribution in [-0.2, 0) is 19.5 Å². The molecule has 0 spiro atoms. The van der Waals surface area contributed by atoms with Gasteiger partial charge < -0.3 is 15.2 Å². The number of sulfonamides is 1. The van der Waals surface area contributed by atoms with Crippen molar-refractivity contribution in [2.75, 3.05) is 27.3 Å². The quantitative estimate of drug-likeness (QED) is 0.785. The summed E-state index contributed by atoms with van der Waals surface area (Å²) in [6.45, 7) is 0.524. The highest BCUT2D eigenvalue weighted by Gasteiger charge is 2.38. The van der Waals surface area contributed by atoms with Gasteiger partial charge in [0.05, 0.1) is 13.2 Å². The van der Waals surface area contributed by atoms with Gasteiger partial charge in [-0.1, -0.05) is 0 Å². The molecule has 0 aliphatic carbocycles. The molecule has 0 saturated carbocycles. The Kier molecular flexibility index (Phi) is 5.56. The molecule has 0 radical (unpaired) electrons. The van der Waals surface area contributed by atoms with Gasteiger partial charge in [-0.3, -0.25) is 0 Å². The van der Waals surface area contributed by atoms with Gasteiger partial charge in [-0.25, -0.2) is 13.2 Å². The molecular weight excluding hydrogens is 328 g/mol. The van der Waals surface area contributed by atoms with Crippen molar-refractivity contribution in [1.82, 2.24) is 4.31 Å². The van der Waals surface area contributed by atoms with Crippen molar-refractivity contribution in [1.29, 1.82) is 0 Å². The Morgan fingerprint density at radius 1 is 1.50 bits per heavy atom. The largest absolute Gasteiger partial charge is 0.465 e. The van der Waals surface area contributed by atoms with Crippen LogP contribution in [0, 0.1) is 0 Å². The first-order chi connectivity index (χ1) is 10.5. The summed E-state index contributed by atoms with van der Waals surface area (Å²) < 4.78 is 37.1. The summed E-state index contributed by atoms with van der Waals surface area (Å²) in [6, 6.07) is 1.09. The molecule has 2 atom stereocenters. The molecule has 1 aromatic rings. The predicted molar refractivity (Wildman–Crippen MR) is 82.4 cm³/mol. The minimum Gasteiger partial charge on any atom is -0.465 e. The van der Waals surface area contributed by atoms with E-state index in [1.54, 1.807) is 12.5 Å². The molecule has 22 heavy (non-hydrogen) atoms. The van der Waals surface area contributed by atoms with Crippen molar-refractivity contribution >= 4 is 27.3 Å². The van der Waals surface area contributed by atoms with E-state index >= 15 is 0 Å². The molecule has 1 saturated heterocycles. The molecule has 1 aromatic heterocycles. The highest BCUT2D eigenvalue weighted by molar-refractivity contribution is 7.89. The smallest absolute Gasteiger partial charge is 0.349 e. The third-order valence-electron chi connectivity index (χ3n) is 3.81. The molecular formula is C13H20N2O5S2. The zero-order valence-electron chi connectivity index (χ0n) is 12.5. The Labute approximate surface area is 134 Å². The van der Waals surface area contributed by atoms with Gasteiger partial charge in [0.25, 0.3) is 0 Å². The van der Waals surface area contributed by atoms with Gasteiger partial charge in [0.15, 0.2) is 0 Å². The highest BCUT2D eigenvalue weighted by Crippen LogP contribution is 2.30. The number of piperidine rings is 1. The van der Waals surface area contributed by atoms with Crippen molar-refractivity contribution in [3.05, 3.63) is 16.3 Å². The summed E-state index contributed by atoms with van der Waals surface area (Å²) in [5.74, 6) is -0.648. The lowest BCUT2D eigenvalue weighted by molar-refractivity contribution is 0.0400. The van der Waals surface area contributed by atoms with Crippen LogP contribution in [0.25, 0.3) is 0 Å². The number of thiophene rings is 1. The number of methoxy groups -OCH3 is 2. The monoisotopic (exact) mass is 348 g/mol. The van der Waals surface area contributed by atoms with E-state index in [9.17, 15) is 13.2 Å². The van der Waals surface area contributed by atoms with Crippen LogP contribution < -0.4 is 5.73 Å². The lowest BCUT2D eigenvalue weighted by Crippen LogP contribution is -2.51. The second-order valence-corrected chi connectivity index (χ2v) is 7.77. The van der Waals surface area contributed by atoms with Crippen molar-refractivity contribution in [3.8, 4) is 0 Å². The lowest BCUT2D eigenvalue weighted by atomic mass is 10.0. The molecule has 124 valence electrons. The molecule has 9 heteroatoms. The summed E-state index contributed by atoms with van der Waals surface area (Å²) in [6.07, 6.45) is 1.15. The fourth-order valence-corrected chi connectivity index (χ4v) is 5.58. The summed E-state index contributed by atoms with van der Waals surface area (Å²) in [5.41, 5.74) is 5.73. The second-order valence-electron chi connectivity index (χ2n) is 4.99. The number of esters is 1. The van der Waals surface area contributed by atoms with Crippen LogP contribution in [0.4, 0.5) is 0 Å². The third-order valence-corrected chi connectivity index (χ3v) is 6.82. The number of nitrogens with zero attached hydrogens (tertiary/aromatic N) is 1.